The van der Waals surface area contributed by atoms with E-state index in [-0.39, 0.29) is 0 Å². The van der Waals surface area contributed by atoms with Gasteiger partial charge >= 0.3 is 0 Å². The average molecular weight is 235 g/mol. The number of likely N-dealkylation sites (tertiary alicyclic amines) is 1. The second-order valence-electron chi connectivity index (χ2n) is 4.63. The Balaban J connectivity index is 1.85. The number of hydrogen-bond donors (Lipinski definition) is 3. The van der Waals surface area contributed by atoms with Gasteiger partial charge in [-0.3, -0.25) is 0 Å². The molecule has 1 saturated heterocycles. The van der Waals surface area contributed by atoms with Crippen molar-refractivity contribution in [1.29, 1.82) is 0 Å². The van der Waals surface area contributed by atoms with Crippen LogP contribution in [0.25, 0.3) is 0 Å². The van der Waals surface area contributed by atoms with Gasteiger partial charge in [0, 0.05) is 30.5 Å². The maximum absolute atomic E-state index is 5.33. The van der Waals surface area contributed by atoms with Crippen molar-refractivity contribution >= 4 is 11.5 Å². The summed E-state index contributed by atoms with van der Waals surface area (Å²) in [5, 5.41) is 3.47. The molecule has 4 N–H and O–H groups in total. The van der Waals surface area contributed by atoms with Gasteiger partial charge in [-0.2, -0.15) is 0 Å². The first-order valence-electron chi connectivity index (χ1n) is 6.19. The third-order valence-electron chi connectivity index (χ3n) is 3.05. The van der Waals surface area contributed by atoms with Crippen LogP contribution in [0.2, 0.25) is 0 Å². The molecule has 0 aromatic carbocycles. The van der Waals surface area contributed by atoms with Crippen molar-refractivity contribution in [2.75, 3.05) is 30.4 Å². The Morgan fingerprint density at radius 1 is 1.47 bits per heavy atom. The highest BCUT2D eigenvalue weighted by Crippen LogP contribution is 2.14. The Morgan fingerprint density at radius 2 is 2.24 bits per heavy atom. The Morgan fingerprint density at radius 3 is 2.94 bits per heavy atom. The highest BCUT2D eigenvalue weighted by atomic mass is 15.2. The third-order valence-corrected chi connectivity index (χ3v) is 3.05. The number of pyridine rings is 1. The van der Waals surface area contributed by atoms with E-state index in [9.17, 15) is 0 Å². The number of nitrogen functional groups attached to an aromatic ring is 1. The second-order valence-corrected chi connectivity index (χ2v) is 4.63. The molecule has 5 heteroatoms. The minimum absolute atomic E-state index is 0.432. The van der Waals surface area contributed by atoms with Gasteiger partial charge in [-0.15, -0.1) is 0 Å². The van der Waals surface area contributed by atoms with E-state index in [2.05, 4.69) is 27.6 Å². The van der Waals surface area contributed by atoms with Crippen LogP contribution in [0.15, 0.2) is 18.3 Å². The molecule has 1 aliphatic rings. The predicted molar refractivity (Wildman–Crippen MR) is 70.8 cm³/mol. The highest BCUT2D eigenvalue weighted by molar-refractivity contribution is 5.51. The van der Waals surface area contributed by atoms with Crippen LogP contribution < -0.4 is 16.6 Å². The zero-order valence-corrected chi connectivity index (χ0v) is 10.3. The SMILES string of the molecule is CC(CN1CCCC1)Nc1ccnc(NN)c1. The summed E-state index contributed by atoms with van der Waals surface area (Å²) in [7, 11) is 0. The number of hydrazine groups is 1. The van der Waals surface area contributed by atoms with Crippen molar-refractivity contribution in [2.24, 2.45) is 5.84 Å². The molecule has 1 unspecified atom stereocenters. The van der Waals surface area contributed by atoms with Gasteiger partial charge in [-0.05, 0) is 38.9 Å². The Labute approximate surface area is 102 Å². The number of nitrogens with zero attached hydrogens (tertiary/aromatic N) is 2. The lowest BCUT2D eigenvalue weighted by Crippen LogP contribution is -2.32. The van der Waals surface area contributed by atoms with Crippen LogP contribution in [0.1, 0.15) is 19.8 Å². The quantitative estimate of drug-likeness (QED) is 0.530. The predicted octanol–water partition coefficient (Wildman–Crippen LogP) is 1.26. The number of rotatable bonds is 5. The van der Waals surface area contributed by atoms with E-state index in [1.54, 1.807) is 6.20 Å². The molecule has 2 rings (SSSR count). The first-order valence-corrected chi connectivity index (χ1v) is 6.19. The fraction of sp³-hybridized carbons (Fsp3) is 0.583. The molecule has 0 spiro atoms. The Hall–Kier alpha value is -1.33. The summed E-state index contributed by atoms with van der Waals surface area (Å²) in [6, 6.07) is 4.31. The van der Waals surface area contributed by atoms with E-state index in [1.807, 2.05) is 12.1 Å². The molecule has 17 heavy (non-hydrogen) atoms. The summed E-state index contributed by atoms with van der Waals surface area (Å²) >= 11 is 0. The van der Waals surface area contributed by atoms with Crippen LogP contribution in [0.3, 0.4) is 0 Å². The number of aromatic nitrogens is 1. The lowest BCUT2D eigenvalue weighted by Gasteiger charge is -2.22. The zero-order chi connectivity index (χ0) is 12.1. The van der Waals surface area contributed by atoms with Gasteiger partial charge in [-0.25, -0.2) is 10.8 Å². The highest BCUT2D eigenvalue weighted by Gasteiger charge is 2.14. The lowest BCUT2D eigenvalue weighted by atomic mass is 10.3. The summed E-state index contributed by atoms with van der Waals surface area (Å²) < 4.78 is 0. The summed E-state index contributed by atoms with van der Waals surface area (Å²) in [4.78, 5) is 6.58. The summed E-state index contributed by atoms with van der Waals surface area (Å²) in [6.45, 7) is 5.76. The fourth-order valence-electron chi connectivity index (χ4n) is 2.28. The van der Waals surface area contributed by atoms with Crippen LogP contribution in [0.4, 0.5) is 11.5 Å². The van der Waals surface area contributed by atoms with Gasteiger partial charge in [0.05, 0.1) is 0 Å². The molecule has 1 aromatic heterocycles. The van der Waals surface area contributed by atoms with Crippen molar-refractivity contribution < 1.29 is 0 Å². The van der Waals surface area contributed by atoms with Crippen LogP contribution in [0, 0.1) is 0 Å². The Kier molecular flexibility index (Phi) is 4.17. The molecule has 0 aliphatic carbocycles. The van der Waals surface area contributed by atoms with E-state index in [0.717, 1.165) is 12.2 Å². The van der Waals surface area contributed by atoms with Gasteiger partial charge in [0.25, 0.3) is 0 Å². The van der Waals surface area contributed by atoms with E-state index in [4.69, 9.17) is 5.84 Å². The standard InChI is InChI=1S/C12H21N5/c1-10(9-17-6-2-3-7-17)15-11-4-5-14-12(8-11)16-13/h4-5,8,10H,2-3,6-7,9,13H2,1H3,(H2,14,15,16). The lowest BCUT2D eigenvalue weighted by molar-refractivity contribution is 0.328. The van der Waals surface area contributed by atoms with Crippen molar-refractivity contribution in [3.63, 3.8) is 0 Å². The monoisotopic (exact) mass is 235 g/mol. The first-order chi connectivity index (χ1) is 8.28. The topological polar surface area (TPSA) is 66.2 Å². The first kappa shape index (κ1) is 12.1. The second kappa shape index (κ2) is 5.84. The summed E-state index contributed by atoms with van der Waals surface area (Å²) in [5.74, 6) is 6.02. The smallest absolute Gasteiger partial charge is 0.141 e. The Bertz CT molecular complexity index is 349. The average Bonchev–Trinajstić information content (AvgIpc) is 2.82. The number of nitrogens with two attached hydrogens (primary N) is 1. The van der Waals surface area contributed by atoms with Crippen molar-refractivity contribution in [3.8, 4) is 0 Å². The van der Waals surface area contributed by atoms with Crippen molar-refractivity contribution in [1.82, 2.24) is 9.88 Å². The van der Waals surface area contributed by atoms with E-state index in [0.29, 0.717) is 11.9 Å². The molecule has 2 heterocycles. The normalized spacial score (nSPS) is 18.0. The molecular formula is C12H21N5. The molecule has 94 valence electrons. The molecule has 1 aliphatic heterocycles. The number of nitrogens with one attached hydrogen (secondary N) is 2. The van der Waals surface area contributed by atoms with Crippen molar-refractivity contribution in [3.05, 3.63) is 18.3 Å². The maximum Gasteiger partial charge on any atom is 0.141 e. The molecule has 1 atom stereocenters. The maximum atomic E-state index is 5.33. The van der Waals surface area contributed by atoms with Crippen molar-refractivity contribution in [2.45, 2.75) is 25.8 Å². The minimum atomic E-state index is 0.432. The summed E-state index contributed by atoms with van der Waals surface area (Å²) in [6.07, 6.45) is 4.42. The molecule has 0 radical (unpaired) electrons. The van der Waals surface area contributed by atoms with Crippen LogP contribution in [-0.4, -0.2) is 35.6 Å². The van der Waals surface area contributed by atoms with Gasteiger partial charge in [0.2, 0.25) is 0 Å². The van der Waals surface area contributed by atoms with E-state index in [1.165, 1.54) is 25.9 Å². The number of hydrogen-bond acceptors (Lipinski definition) is 5. The zero-order valence-electron chi connectivity index (χ0n) is 10.3. The largest absolute Gasteiger partial charge is 0.381 e. The minimum Gasteiger partial charge on any atom is -0.381 e. The van der Waals surface area contributed by atoms with Crippen LogP contribution in [-0.2, 0) is 0 Å². The molecule has 5 nitrogen and oxygen atoms in total. The van der Waals surface area contributed by atoms with Crippen LogP contribution >= 0.6 is 0 Å². The van der Waals surface area contributed by atoms with E-state index >= 15 is 0 Å². The molecule has 0 saturated carbocycles. The van der Waals surface area contributed by atoms with Gasteiger partial charge in [-0.1, -0.05) is 0 Å². The van der Waals surface area contributed by atoms with Gasteiger partial charge in [0.1, 0.15) is 5.82 Å². The molecule has 0 bridgehead atoms. The third kappa shape index (κ3) is 3.57. The van der Waals surface area contributed by atoms with Gasteiger partial charge in [0.15, 0.2) is 0 Å². The van der Waals surface area contributed by atoms with E-state index < -0.39 is 0 Å². The van der Waals surface area contributed by atoms with Crippen LogP contribution in [0.5, 0.6) is 0 Å². The fourth-order valence-corrected chi connectivity index (χ4v) is 2.28. The number of anilines is 2. The molecular weight excluding hydrogens is 214 g/mol. The molecule has 1 aromatic rings. The summed E-state index contributed by atoms with van der Waals surface area (Å²) in [5.41, 5.74) is 3.61. The molecule has 1 fully saturated rings. The molecule has 0 amide bonds. The van der Waals surface area contributed by atoms with Gasteiger partial charge < -0.3 is 15.6 Å².